The third-order valence-electron chi connectivity index (χ3n) is 3.64. The molecule has 0 unspecified atom stereocenters. The maximum absolute atomic E-state index is 12.3. The van der Waals surface area contributed by atoms with Crippen molar-refractivity contribution in [1.82, 2.24) is 0 Å². The van der Waals surface area contributed by atoms with E-state index in [2.05, 4.69) is 6.07 Å². The highest BCUT2D eigenvalue weighted by atomic mass is 16.5. The number of nitriles is 1. The molecule has 24 heavy (non-hydrogen) atoms. The molecule has 0 saturated carbocycles. The summed E-state index contributed by atoms with van der Waals surface area (Å²) >= 11 is 0. The van der Waals surface area contributed by atoms with Crippen LogP contribution in [0, 0.1) is 11.3 Å². The molecule has 3 heteroatoms. The normalized spacial score (nSPS) is 9.96. The molecule has 0 aliphatic rings. The van der Waals surface area contributed by atoms with Crippen LogP contribution < -0.4 is 4.74 Å². The second-order valence-corrected chi connectivity index (χ2v) is 5.32. The second kappa shape index (κ2) is 7.26. The molecule has 0 N–H and O–H groups in total. The average molecular weight is 313 g/mol. The lowest BCUT2D eigenvalue weighted by atomic mass is 10.0. The van der Waals surface area contributed by atoms with Gasteiger partial charge in [0.2, 0.25) is 0 Å². The number of rotatable bonds is 5. The largest absolute Gasteiger partial charge is 0.489 e. The van der Waals surface area contributed by atoms with Gasteiger partial charge in [0.1, 0.15) is 12.4 Å². The van der Waals surface area contributed by atoms with E-state index < -0.39 is 0 Å². The van der Waals surface area contributed by atoms with Crippen molar-refractivity contribution in [3.63, 3.8) is 0 Å². The number of nitrogens with zero attached hydrogens (tertiary/aromatic N) is 1. The first-order valence-electron chi connectivity index (χ1n) is 7.58. The van der Waals surface area contributed by atoms with Crippen molar-refractivity contribution in [2.45, 2.75) is 6.61 Å². The highest BCUT2D eigenvalue weighted by molar-refractivity contribution is 6.08. The number of hydrogen-bond acceptors (Lipinski definition) is 3. The zero-order chi connectivity index (χ0) is 16.8. The van der Waals surface area contributed by atoms with Gasteiger partial charge in [-0.25, -0.2) is 0 Å². The fourth-order valence-electron chi connectivity index (χ4n) is 2.30. The lowest BCUT2D eigenvalue weighted by Gasteiger charge is -2.07. The van der Waals surface area contributed by atoms with Crippen molar-refractivity contribution < 1.29 is 9.53 Å². The predicted octanol–water partition coefficient (Wildman–Crippen LogP) is 4.37. The topological polar surface area (TPSA) is 50.1 Å². The van der Waals surface area contributed by atoms with Crippen LogP contribution in [0.15, 0.2) is 78.9 Å². The van der Waals surface area contributed by atoms with Crippen LogP contribution in [0.5, 0.6) is 5.75 Å². The molecule has 3 aromatic rings. The van der Waals surface area contributed by atoms with Gasteiger partial charge in [0.25, 0.3) is 0 Å². The fourth-order valence-corrected chi connectivity index (χ4v) is 2.30. The highest BCUT2D eigenvalue weighted by Gasteiger charge is 2.08. The number of benzene rings is 3. The number of hydrogen-bond donors (Lipinski definition) is 0. The lowest BCUT2D eigenvalue weighted by molar-refractivity contribution is 0.103. The van der Waals surface area contributed by atoms with E-state index in [1.807, 2.05) is 30.3 Å². The SMILES string of the molecule is N#Cc1ccc(COc2ccc(C(=O)c3ccccc3)cc2)cc1. The van der Waals surface area contributed by atoms with Gasteiger partial charge >= 0.3 is 0 Å². The molecule has 0 atom stereocenters. The summed E-state index contributed by atoms with van der Waals surface area (Å²) in [5, 5.41) is 8.78. The summed E-state index contributed by atoms with van der Waals surface area (Å²) in [7, 11) is 0. The van der Waals surface area contributed by atoms with Gasteiger partial charge in [-0.15, -0.1) is 0 Å². The van der Waals surface area contributed by atoms with Crippen molar-refractivity contribution in [3.05, 3.63) is 101 Å². The maximum Gasteiger partial charge on any atom is 0.193 e. The third-order valence-corrected chi connectivity index (χ3v) is 3.64. The summed E-state index contributed by atoms with van der Waals surface area (Å²) in [6.07, 6.45) is 0. The Kier molecular flexibility index (Phi) is 4.69. The van der Waals surface area contributed by atoms with Crippen LogP contribution in [0.4, 0.5) is 0 Å². The molecule has 3 aromatic carbocycles. The monoisotopic (exact) mass is 313 g/mol. The predicted molar refractivity (Wildman–Crippen MR) is 91.8 cm³/mol. The van der Waals surface area contributed by atoms with Crippen molar-refractivity contribution in [2.24, 2.45) is 0 Å². The van der Waals surface area contributed by atoms with Crippen LogP contribution in [-0.2, 0) is 6.61 Å². The molecule has 0 aliphatic heterocycles. The first kappa shape index (κ1) is 15.5. The first-order valence-corrected chi connectivity index (χ1v) is 7.58. The van der Waals surface area contributed by atoms with Crippen LogP contribution in [0.2, 0.25) is 0 Å². The van der Waals surface area contributed by atoms with Gasteiger partial charge in [-0.2, -0.15) is 5.26 Å². The van der Waals surface area contributed by atoms with Crippen LogP contribution in [-0.4, -0.2) is 5.78 Å². The van der Waals surface area contributed by atoms with Gasteiger partial charge in [-0.05, 0) is 42.0 Å². The molecule has 0 saturated heterocycles. The molecule has 0 spiro atoms. The molecule has 0 amide bonds. The minimum absolute atomic E-state index is 0.00533. The standard InChI is InChI=1S/C21H15NO2/c22-14-16-6-8-17(9-7-16)15-24-20-12-10-19(11-13-20)21(23)18-4-2-1-3-5-18/h1-13H,15H2. The third kappa shape index (κ3) is 3.68. The minimum Gasteiger partial charge on any atom is -0.489 e. The summed E-state index contributed by atoms with van der Waals surface area (Å²) in [6.45, 7) is 0.414. The van der Waals surface area contributed by atoms with Gasteiger partial charge in [0.15, 0.2) is 5.78 Å². The molecule has 3 nitrogen and oxygen atoms in total. The second-order valence-electron chi connectivity index (χ2n) is 5.32. The van der Waals surface area contributed by atoms with Crippen LogP contribution in [0.3, 0.4) is 0 Å². The van der Waals surface area contributed by atoms with Gasteiger partial charge in [-0.3, -0.25) is 4.79 Å². The van der Waals surface area contributed by atoms with Crippen LogP contribution >= 0.6 is 0 Å². The van der Waals surface area contributed by atoms with Gasteiger partial charge < -0.3 is 4.74 Å². The highest BCUT2D eigenvalue weighted by Crippen LogP contribution is 2.17. The fraction of sp³-hybridized carbons (Fsp3) is 0.0476. The van der Waals surface area contributed by atoms with Crippen molar-refractivity contribution in [1.29, 1.82) is 5.26 Å². The van der Waals surface area contributed by atoms with E-state index in [9.17, 15) is 4.79 Å². The molecule has 0 aliphatic carbocycles. The van der Waals surface area contributed by atoms with E-state index in [1.54, 1.807) is 48.5 Å². The van der Waals surface area contributed by atoms with E-state index in [1.165, 1.54) is 0 Å². The first-order chi connectivity index (χ1) is 11.8. The van der Waals surface area contributed by atoms with E-state index in [0.29, 0.717) is 29.0 Å². The van der Waals surface area contributed by atoms with E-state index in [-0.39, 0.29) is 5.78 Å². The maximum atomic E-state index is 12.3. The Morgan fingerprint density at radius 1 is 0.833 bits per heavy atom. The van der Waals surface area contributed by atoms with Gasteiger partial charge in [-0.1, -0.05) is 42.5 Å². The zero-order valence-electron chi connectivity index (χ0n) is 13.0. The molecule has 0 aromatic heterocycles. The van der Waals surface area contributed by atoms with Crippen LogP contribution in [0.1, 0.15) is 27.0 Å². The van der Waals surface area contributed by atoms with Crippen LogP contribution in [0.25, 0.3) is 0 Å². The summed E-state index contributed by atoms with van der Waals surface area (Å²) in [5.74, 6) is 0.693. The van der Waals surface area contributed by atoms with Crippen molar-refractivity contribution in [2.75, 3.05) is 0 Å². The summed E-state index contributed by atoms with van der Waals surface area (Å²) in [5.41, 5.74) is 2.91. The summed E-state index contributed by atoms with van der Waals surface area (Å²) in [4.78, 5) is 12.3. The van der Waals surface area contributed by atoms with E-state index in [4.69, 9.17) is 10.00 Å². The van der Waals surface area contributed by atoms with E-state index >= 15 is 0 Å². The van der Waals surface area contributed by atoms with Crippen molar-refractivity contribution >= 4 is 5.78 Å². The number of ether oxygens (including phenoxy) is 1. The average Bonchev–Trinajstić information content (AvgIpc) is 2.67. The molecular formula is C21H15NO2. The molecule has 0 bridgehead atoms. The minimum atomic E-state index is -0.00533. The number of ketones is 1. The number of carbonyl (C=O) groups excluding carboxylic acids is 1. The van der Waals surface area contributed by atoms with Gasteiger partial charge in [0, 0.05) is 11.1 Å². The quantitative estimate of drug-likeness (QED) is 0.657. The smallest absolute Gasteiger partial charge is 0.193 e. The Labute approximate surface area is 140 Å². The summed E-state index contributed by atoms with van der Waals surface area (Å²) in [6, 6.07) is 25.7. The Morgan fingerprint density at radius 3 is 2.08 bits per heavy atom. The molecule has 0 radical (unpaired) electrons. The van der Waals surface area contributed by atoms with Crippen molar-refractivity contribution in [3.8, 4) is 11.8 Å². The Balaban J connectivity index is 1.64. The van der Waals surface area contributed by atoms with E-state index in [0.717, 1.165) is 5.56 Å². The zero-order valence-corrected chi connectivity index (χ0v) is 13.0. The van der Waals surface area contributed by atoms with Gasteiger partial charge in [0.05, 0.1) is 11.6 Å². The Hall–Kier alpha value is -3.38. The molecule has 0 fully saturated rings. The lowest BCUT2D eigenvalue weighted by Crippen LogP contribution is -2.01. The Bertz CT molecular complexity index is 860. The molecular weight excluding hydrogens is 298 g/mol. The number of carbonyl (C=O) groups is 1. The summed E-state index contributed by atoms with van der Waals surface area (Å²) < 4.78 is 5.71. The molecule has 0 heterocycles. The Morgan fingerprint density at radius 2 is 1.46 bits per heavy atom. The molecule has 3 rings (SSSR count). The molecule has 116 valence electrons.